The fourth-order valence-electron chi connectivity index (χ4n) is 1.56. The average Bonchev–Trinajstić information content (AvgIpc) is 2.28. The molecule has 0 bridgehead atoms. The predicted octanol–water partition coefficient (Wildman–Crippen LogP) is 3.78. The fraction of sp³-hybridized carbons (Fsp3) is 0.167. The lowest BCUT2D eigenvalue weighted by Gasteiger charge is -2.07. The maximum Gasteiger partial charge on any atom is 0.138 e. The molecule has 0 aliphatic heterocycles. The van der Waals surface area contributed by atoms with Crippen molar-refractivity contribution in [3.8, 4) is 17.0 Å². The highest BCUT2D eigenvalue weighted by Crippen LogP contribution is 2.29. The quantitative estimate of drug-likeness (QED) is 0.841. The van der Waals surface area contributed by atoms with Gasteiger partial charge in [0.1, 0.15) is 16.2 Å². The number of rotatable bonds is 2. The van der Waals surface area contributed by atoms with E-state index in [1.165, 1.54) is 0 Å². The molecule has 0 saturated heterocycles. The largest absolute Gasteiger partial charge is 0.495 e. The SMILES string of the molecule is COc1cc(-c2cc(=S)nc(C)[nH]2)ccc1Cl. The summed E-state index contributed by atoms with van der Waals surface area (Å²) < 4.78 is 5.74. The topological polar surface area (TPSA) is 37.9 Å². The van der Waals surface area contributed by atoms with Gasteiger partial charge >= 0.3 is 0 Å². The first-order valence-corrected chi connectivity index (χ1v) is 5.80. The Bertz CT molecular complexity index is 610. The van der Waals surface area contributed by atoms with Crippen molar-refractivity contribution < 1.29 is 4.74 Å². The Labute approximate surface area is 109 Å². The van der Waals surface area contributed by atoms with Gasteiger partial charge in [0.05, 0.1) is 12.1 Å². The van der Waals surface area contributed by atoms with E-state index in [-0.39, 0.29) is 0 Å². The van der Waals surface area contributed by atoms with Gasteiger partial charge in [-0.2, -0.15) is 0 Å². The third-order valence-corrected chi connectivity index (χ3v) is 2.84. The third kappa shape index (κ3) is 2.65. The van der Waals surface area contributed by atoms with Crippen molar-refractivity contribution in [1.29, 1.82) is 0 Å². The van der Waals surface area contributed by atoms with Crippen LogP contribution in [0.1, 0.15) is 5.82 Å². The lowest BCUT2D eigenvalue weighted by atomic mass is 10.1. The van der Waals surface area contributed by atoms with Crippen LogP contribution in [0.15, 0.2) is 24.3 Å². The summed E-state index contributed by atoms with van der Waals surface area (Å²) in [4.78, 5) is 7.28. The smallest absolute Gasteiger partial charge is 0.138 e. The van der Waals surface area contributed by atoms with E-state index in [0.29, 0.717) is 15.4 Å². The molecule has 1 aromatic heterocycles. The predicted molar refractivity (Wildman–Crippen MR) is 71.2 cm³/mol. The van der Waals surface area contributed by atoms with E-state index in [4.69, 9.17) is 28.6 Å². The zero-order valence-corrected chi connectivity index (χ0v) is 11.0. The monoisotopic (exact) mass is 266 g/mol. The number of aryl methyl sites for hydroxylation is 1. The number of nitrogens with one attached hydrogen (secondary N) is 1. The summed E-state index contributed by atoms with van der Waals surface area (Å²) in [5, 5.41) is 0.584. The molecule has 1 heterocycles. The van der Waals surface area contributed by atoms with Crippen LogP contribution in [0.5, 0.6) is 5.75 Å². The van der Waals surface area contributed by atoms with Gasteiger partial charge in [-0.3, -0.25) is 0 Å². The fourth-order valence-corrected chi connectivity index (χ4v) is 2.01. The third-order valence-electron chi connectivity index (χ3n) is 2.32. The first-order valence-electron chi connectivity index (χ1n) is 5.02. The number of H-pyrrole nitrogens is 1. The second-order valence-corrected chi connectivity index (χ2v) is 4.39. The molecule has 0 aliphatic carbocycles. The van der Waals surface area contributed by atoms with Crippen molar-refractivity contribution >= 4 is 23.8 Å². The summed E-state index contributed by atoms with van der Waals surface area (Å²) in [6.45, 7) is 1.87. The Morgan fingerprint density at radius 2 is 2.12 bits per heavy atom. The van der Waals surface area contributed by atoms with E-state index >= 15 is 0 Å². The summed E-state index contributed by atoms with van der Waals surface area (Å²) in [6.07, 6.45) is 0. The van der Waals surface area contributed by atoms with Gasteiger partial charge in [-0.25, -0.2) is 4.98 Å². The number of methoxy groups -OCH3 is 1. The molecule has 0 fully saturated rings. The van der Waals surface area contributed by atoms with Crippen LogP contribution in [-0.4, -0.2) is 17.1 Å². The molecule has 1 aromatic carbocycles. The van der Waals surface area contributed by atoms with Gasteiger partial charge in [0.15, 0.2) is 0 Å². The number of nitrogens with zero attached hydrogens (tertiary/aromatic N) is 1. The Morgan fingerprint density at radius 1 is 1.35 bits per heavy atom. The van der Waals surface area contributed by atoms with Gasteiger partial charge in [-0.05, 0) is 25.1 Å². The lowest BCUT2D eigenvalue weighted by Crippen LogP contribution is -1.92. The number of aromatic amines is 1. The first-order chi connectivity index (χ1) is 8.10. The second kappa shape index (κ2) is 4.85. The van der Waals surface area contributed by atoms with Crippen LogP contribution >= 0.6 is 23.8 Å². The van der Waals surface area contributed by atoms with Crippen LogP contribution in [0.2, 0.25) is 5.02 Å². The van der Waals surface area contributed by atoms with E-state index < -0.39 is 0 Å². The van der Waals surface area contributed by atoms with Crippen molar-refractivity contribution in [3.63, 3.8) is 0 Å². The number of benzene rings is 1. The highest BCUT2D eigenvalue weighted by molar-refractivity contribution is 7.71. The molecule has 5 heteroatoms. The number of aromatic nitrogens is 2. The minimum absolute atomic E-state index is 0.560. The molecule has 3 nitrogen and oxygen atoms in total. The zero-order chi connectivity index (χ0) is 12.4. The van der Waals surface area contributed by atoms with Crippen molar-refractivity contribution in [3.05, 3.63) is 39.8 Å². The molecular formula is C12H11ClN2OS. The minimum Gasteiger partial charge on any atom is -0.495 e. The summed E-state index contributed by atoms with van der Waals surface area (Å²) in [7, 11) is 1.59. The molecule has 88 valence electrons. The standard InChI is InChI=1S/C12H11ClN2OS/c1-7-14-10(6-12(17)15-7)8-3-4-9(13)11(5-8)16-2/h3-6H,1-2H3,(H,14,15,17). The molecule has 0 unspecified atom stereocenters. The Hall–Kier alpha value is -1.39. The lowest BCUT2D eigenvalue weighted by molar-refractivity contribution is 0.415. The van der Waals surface area contributed by atoms with Crippen LogP contribution in [-0.2, 0) is 0 Å². The molecule has 0 spiro atoms. The molecule has 0 atom stereocenters. The van der Waals surface area contributed by atoms with Gasteiger partial charge in [-0.15, -0.1) is 0 Å². The van der Waals surface area contributed by atoms with Crippen LogP contribution in [0.25, 0.3) is 11.3 Å². The molecule has 2 rings (SSSR count). The highest BCUT2D eigenvalue weighted by atomic mass is 35.5. The number of hydrogen-bond acceptors (Lipinski definition) is 3. The van der Waals surface area contributed by atoms with E-state index in [0.717, 1.165) is 17.1 Å². The Kier molecular flexibility index (Phi) is 3.45. The normalized spacial score (nSPS) is 10.3. The van der Waals surface area contributed by atoms with Gasteiger partial charge < -0.3 is 9.72 Å². The Morgan fingerprint density at radius 3 is 2.76 bits per heavy atom. The molecule has 0 aliphatic rings. The van der Waals surface area contributed by atoms with Crippen LogP contribution in [0, 0.1) is 11.6 Å². The van der Waals surface area contributed by atoms with Crippen LogP contribution in [0.3, 0.4) is 0 Å². The van der Waals surface area contributed by atoms with Gasteiger partial charge in [0.25, 0.3) is 0 Å². The van der Waals surface area contributed by atoms with Crippen molar-refractivity contribution in [2.24, 2.45) is 0 Å². The molecule has 2 aromatic rings. The number of halogens is 1. The number of ether oxygens (including phenoxy) is 1. The van der Waals surface area contributed by atoms with Crippen LogP contribution < -0.4 is 4.74 Å². The van der Waals surface area contributed by atoms with E-state index in [9.17, 15) is 0 Å². The van der Waals surface area contributed by atoms with Crippen LogP contribution in [0.4, 0.5) is 0 Å². The Balaban J connectivity index is 2.56. The highest BCUT2D eigenvalue weighted by Gasteiger charge is 2.05. The second-order valence-electron chi connectivity index (χ2n) is 3.57. The summed E-state index contributed by atoms with van der Waals surface area (Å²) in [5.41, 5.74) is 1.86. The van der Waals surface area contributed by atoms with E-state index in [1.54, 1.807) is 13.2 Å². The maximum atomic E-state index is 5.98. The maximum absolute atomic E-state index is 5.98. The molecule has 17 heavy (non-hydrogen) atoms. The van der Waals surface area contributed by atoms with Gasteiger partial charge in [0, 0.05) is 11.3 Å². The van der Waals surface area contributed by atoms with Gasteiger partial charge in [0.2, 0.25) is 0 Å². The molecule has 0 saturated carbocycles. The first kappa shape index (κ1) is 12.1. The molecule has 0 radical (unpaired) electrons. The van der Waals surface area contributed by atoms with Gasteiger partial charge in [-0.1, -0.05) is 29.9 Å². The van der Waals surface area contributed by atoms with Crippen molar-refractivity contribution in [2.75, 3.05) is 7.11 Å². The molecule has 1 N–H and O–H groups in total. The number of hydrogen-bond donors (Lipinski definition) is 1. The molecule has 0 amide bonds. The molecular weight excluding hydrogens is 256 g/mol. The summed E-state index contributed by atoms with van der Waals surface area (Å²) in [5.74, 6) is 1.42. The van der Waals surface area contributed by atoms with E-state index in [2.05, 4.69) is 9.97 Å². The van der Waals surface area contributed by atoms with E-state index in [1.807, 2.05) is 25.1 Å². The summed E-state index contributed by atoms with van der Waals surface area (Å²) >= 11 is 11.1. The summed E-state index contributed by atoms with van der Waals surface area (Å²) in [6, 6.07) is 7.38. The minimum atomic E-state index is 0.560. The van der Waals surface area contributed by atoms with Crippen molar-refractivity contribution in [1.82, 2.24) is 9.97 Å². The average molecular weight is 267 g/mol. The zero-order valence-electron chi connectivity index (χ0n) is 9.45. The van der Waals surface area contributed by atoms with Crippen molar-refractivity contribution in [2.45, 2.75) is 6.92 Å².